The third-order valence-electron chi connectivity index (χ3n) is 3.41. The van der Waals surface area contributed by atoms with Gasteiger partial charge in [0.25, 0.3) is 0 Å². The number of ether oxygens (including phenoxy) is 1. The lowest BCUT2D eigenvalue weighted by molar-refractivity contribution is -0.138. The Bertz CT molecular complexity index is 652. The summed E-state index contributed by atoms with van der Waals surface area (Å²) in [4.78, 5) is 11.6. The Kier molecular flexibility index (Phi) is 5.02. The quantitative estimate of drug-likeness (QED) is 0.881. The molecule has 2 aromatic carbocycles. The van der Waals surface area contributed by atoms with Gasteiger partial charge in [-0.25, -0.2) is 0 Å². The lowest BCUT2D eigenvalue weighted by atomic mass is 9.91. The topological polar surface area (TPSA) is 46.5 Å². The Morgan fingerprint density at radius 1 is 1.29 bits per heavy atom. The van der Waals surface area contributed by atoms with E-state index in [2.05, 4.69) is 15.9 Å². The van der Waals surface area contributed by atoms with Crippen LogP contribution in [-0.4, -0.2) is 18.2 Å². The van der Waals surface area contributed by atoms with Crippen LogP contribution in [0.25, 0.3) is 0 Å². The number of benzene rings is 2. The minimum atomic E-state index is -0.831. The van der Waals surface area contributed by atoms with Gasteiger partial charge in [0.15, 0.2) is 0 Å². The van der Waals surface area contributed by atoms with Crippen LogP contribution in [0.5, 0.6) is 5.75 Å². The van der Waals surface area contributed by atoms with Crippen LogP contribution in [-0.2, 0) is 11.2 Å². The monoisotopic (exact) mass is 348 g/mol. The zero-order valence-corrected chi connectivity index (χ0v) is 13.6. The van der Waals surface area contributed by atoms with Crippen LogP contribution in [0.3, 0.4) is 0 Å². The van der Waals surface area contributed by atoms with E-state index in [0.29, 0.717) is 12.2 Å². The summed E-state index contributed by atoms with van der Waals surface area (Å²) in [7, 11) is 1.59. The number of hydrogen-bond donors (Lipinski definition) is 1. The van der Waals surface area contributed by atoms with Crippen LogP contribution in [0.2, 0.25) is 0 Å². The maximum atomic E-state index is 11.6. The van der Waals surface area contributed by atoms with Gasteiger partial charge < -0.3 is 9.84 Å². The molecule has 1 unspecified atom stereocenters. The predicted octanol–water partition coefficient (Wildman–Crippen LogP) is 4.18. The van der Waals surface area contributed by atoms with Crippen molar-refractivity contribution >= 4 is 21.9 Å². The highest BCUT2D eigenvalue weighted by Crippen LogP contribution is 2.29. The minimum Gasteiger partial charge on any atom is -0.496 e. The Balaban J connectivity index is 2.37. The molecule has 1 N–H and O–H groups in total. The van der Waals surface area contributed by atoms with E-state index in [1.807, 2.05) is 49.4 Å². The molecule has 0 aliphatic heterocycles. The number of rotatable bonds is 5. The van der Waals surface area contributed by atoms with Gasteiger partial charge >= 0.3 is 5.97 Å². The third-order valence-corrected chi connectivity index (χ3v) is 3.90. The molecule has 0 bridgehead atoms. The Labute approximate surface area is 132 Å². The van der Waals surface area contributed by atoms with Crippen LogP contribution in [0.4, 0.5) is 0 Å². The van der Waals surface area contributed by atoms with E-state index in [-0.39, 0.29) is 0 Å². The molecule has 0 aliphatic rings. The molecule has 2 rings (SSSR count). The van der Waals surface area contributed by atoms with Crippen LogP contribution >= 0.6 is 15.9 Å². The molecular formula is C17H17BrO3. The van der Waals surface area contributed by atoms with Crippen molar-refractivity contribution in [3.63, 3.8) is 0 Å². The molecule has 0 spiro atoms. The fourth-order valence-electron chi connectivity index (χ4n) is 2.36. The molecule has 21 heavy (non-hydrogen) atoms. The van der Waals surface area contributed by atoms with E-state index in [4.69, 9.17) is 4.74 Å². The number of hydrogen-bond acceptors (Lipinski definition) is 2. The summed E-state index contributed by atoms with van der Waals surface area (Å²) in [5.41, 5.74) is 2.74. The number of aryl methyl sites for hydroxylation is 1. The second-order valence-corrected chi connectivity index (χ2v) is 5.88. The van der Waals surface area contributed by atoms with Crippen LogP contribution in [0, 0.1) is 6.92 Å². The normalized spacial score (nSPS) is 12.0. The summed E-state index contributed by atoms with van der Waals surface area (Å²) in [5.74, 6) is -0.715. The first-order valence-corrected chi connectivity index (χ1v) is 7.42. The average Bonchev–Trinajstić information content (AvgIpc) is 2.44. The first kappa shape index (κ1) is 15.6. The van der Waals surface area contributed by atoms with Gasteiger partial charge in [-0.15, -0.1) is 0 Å². The lowest BCUT2D eigenvalue weighted by Gasteiger charge is -2.16. The summed E-state index contributed by atoms with van der Waals surface area (Å²) >= 11 is 3.42. The summed E-state index contributed by atoms with van der Waals surface area (Å²) in [6.07, 6.45) is 0.390. The van der Waals surface area contributed by atoms with Gasteiger partial charge in [0, 0.05) is 4.47 Å². The van der Waals surface area contributed by atoms with Crippen molar-refractivity contribution in [3.05, 3.63) is 63.6 Å². The van der Waals surface area contributed by atoms with E-state index >= 15 is 0 Å². The fourth-order valence-corrected chi connectivity index (χ4v) is 2.77. The van der Waals surface area contributed by atoms with Gasteiger partial charge in [-0.1, -0.05) is 45.8 Å². The molecule has 2 aromatic rings. The third kappa shape index (κ3) is 3.85. The summed E-state index contributed by atoms with van der Waals surface area (Å²) in [5, 5.41) is 9.56. The second-order valence-electron chi connectivity index (χ2n) is 4.97. The number of methoxy groups -OCH3 is 1. The van der Waals surface area contributed by atoms with Crippen molar-refractivity contribution in [3.8, 4) is 5.75 Å². The van der Waals surface area contributed by atoms with Crippen molar-refractivity contribution < 1.29 is 14.6 Å². The first-order chi connectivity index (χ1) is 10.0. The highest BCUT2D eigenvalue weighted by Gasteiger charge is 2.22. The summed E-state index contributed by atoms with van der Waals surface area (Å²) in [6, 6.07) is 13.3. The van der Waals surface area contributed by atoms with Crippen LogP contribution in [0.1, 0.15) is 22.6 Å². The number of halogens is 1. The highest BCUT2D eigenvalue weighted by atomic mass is 79.9. The molecule has 0 amide bonds. The summed E-state index contributed by atoms with van der Waals surface area (Å²) < 4.78 is 6.24. The molecule has 0 radical (unpaired) electrons. The van der Waals surface area contributed by atoms with E-state index in [1.165, 1.54) is 0 Å². The van der Waals surface area contributed by atoms with Gasteiger partial charge in [0.05, 0.1) is 13.0 Å². The Hall–Kier alpha value is -1.81. The summed E-state index contributed by atoms with van der Waals surface area (Å²) in [6.45, 7) is 1.96. The van der Waals surface area contributed by atoms with E-state index in [0.717, 1.165) is 21.2 Å². The smallest absolute Gasteiger partial charge is 0.311 e. The van der Waals surface area contributed by atoms with Crippen molar-refractivity contribution in [1.82, 2.24) is 0 Å². The minimum absolute atomic E-state index is 0.390. The largest absolute Gasteiger partial charge is 0.496 e. The lowest BCUT2D eigenvalue weighted by Crippen LogP contribution is -2.15. The van der Waals surface area contributed by atoms with Gasteiger partial charge in [0.1, 0.15) is 5.75 Å². The van der Waals surface area contributed by atoms with E-state index in [9.17, 15) is 9.90 Å². The zero-order valence-electron chi connectivity index (χ0n) is 12.0. The van der Waals surface area contributed by atoms with Gasteiger partial charge in [0.2, 0.25) is 0 Å². The molecule has 1 atom stereocenters. The van der Waals surface area contributed by atoms with Crippen LogP contribution < -0.4 is 4.74 Å². The van der Waals surface area contributed by atoms with Crippen LogP contribution in [0.15, 0.2) is 46.9 Å². The van der Waals surface area contributed by atoms with Gasteiger partial charge in [-0.2, -0.15) is 0 Å². The molecule has 4 heteroatoms. The van der Waals surface area contributed by atoms with E-state index in [1.54, 1.807) is 7.11 Å². The number of carbonyl (C=O) groups is 1. The van der Waals surface area contributed by atoms with E-state index < -0.39 is 11.9 Å². The Morgan fingerprint density at radius 3 is 2.67 bits per heavy atom. The molecule has 3 nitrogen and oxygen atoms in total. The first-order valence-electron chi connectivity index (χ1n) is 6.63. The molecule has 0 aliphatic carbocycles. The van der Waals surface area contributed by atoms with Crippen molar-refractivity contribution in [2.45, 2.75) is 19.3 Å². The number of carboxylic acids is 1. The molecule has 0 fully saturated rings. The SMILES string of the molecule is COc1ccc(Br)cc1CC(C(=O)O)c1cccc(C)c1. The number of carboxylic acid groups (broad SMARTS) is 1. The molecule has 0 heterocycles. The Morgan fingerprint density at radius 2 is 2.05 bits per heavy atom. The van der Waals surface area contributed by atoms with Crippen molar-refractivity contribution in [1.29, 1.82) is 0 Å². The van der Waals surface area contributed by atoms with Crippen molar-refractivity contribution in [2.75, 3.05) is 7.11 Å². The molecule has 0 saturated carbocycles. The molecular weight excluding hydrogens is 332 g/mol. The van der Waals surface area contributed by atoms with Gasteiger partial charge in [-0.3, -0.25) is 4.79 Å². The van der Waals surface area contributed by atoms with Gasteiger partial charge in [-0.05, 0) is 42.7 Å². The number of aliphatic carboxylic acids is 1. The fraction of sp³-hybridized carbons (Fsp3) is 0.235. The molecule has 110 valence electrons. The molecule has 0 saturated heterocycles. The molecule has 0 aromatic heterocycles. The maximum Gasteiger partial charge on any atom is 0.311 e. The maximum absolute atomic E-state index is 11.6. The average molecular weight is 349 g/mol. The second kappa shape index (κ2) is 6.76. The standard InChI is InChI=1S/C17H17BrO3/c1-11-4-3-5-12(8-11)15(17(19)20)10-13-9-14(18)6-7-16(13)21-2/h3-9,15H,10H2,1-2H3,(H,19,20). The predicted molar refractivity (Wildman–Crippen MR) is 86.0 cm³/mol. The highest BCUT2D eigenvalue weighted by molar-refractivity contribution is 9.10. The zero-order chi connectivity index (χ0) is 15.4. The van der Waals surface area contributed by atoms with Crippen molar-refractivity contribution in [2.24, 2.45) is 0 Å².